The lowest BCUT2D eigenvalue weighted by molar-refractivity contribution is -0.144. The number of nitrogens with zero attached hydrogens (tertiary/aromatic N) is 1. The molecule has 0 bridgehead atoms. The zero-order chi connectivity index (χ0) is 25.1. The molecule has 2 aromatic carbocycles. The van der Waals surface area contributed by atoms with Gasteiger partial charge in [0.1, 0.15) is 12.4 Å². The lowest BCUT2D eigenvalue weighted by atomic mass is 9.90. The molecule has 0 amide bonds. The van der Waals surface area contributed by atoms with Crippen LogP contribution in [-0.4, -0.2) is 41.9 Å². The number of nitrogens with one attached hydrogen (secondary N) is 1. The predicted octanol–water partition coefficient (Wildman–Crippen LogP) is 4.11. The Labute approximate surface area is 201 Å². The molecule has 0 saturated heterocycles. The van der Waals surface area contributed by atoms with Crippen molar-refractivity contribution in [2.45, 2.75) is 45.6 Å². The number of esters is 1. The van der Waals surface area contributed by atoms with E-state index in [0.29, 0.717) is 22.6 Å². The summed E-state index contributed by atoms with van der Waals surface area (Å²) in [4.78, 5) is 13.1. The first-order chi connectivity index (χ1) is 16.4. The van der Waals surface area contributed by atoms with Gasteiger partial charge < -0.3 is 30.8 Å². The lowest BCUT2D eigenvalue weighted by Gasteiger charge is -2.25. The zero-order valence-electron chi connectivity index (χ0n) is 20.1. The molecule has 8 heteroatoms. The number of aliphatic hydroxyl groups excluding tert-OH is 1. The van der Waals surface area contributed by atoms with Gasteiger partial charge in [-0.1, -0.05) is 37.6 Å². The third-order valence-corrected chi connectivity index (χ3v) is 5.36. The third-order valence-electron chi connectivity index (χ3n) is 5.36. The van der Waals surface area contributed by atoms with Gasteiger partial charge in [-0.3, -0.25) is 0 Å². The highest BCUT2D eigenvalue weighted by atomic mass is 16.5. The number of benzene rings is 2. The molecule has 2 aromatic rings. The van der Waals surface area contributed by atoms with Crippen LogP contribution in [0.25, 0.3) is 0 Å². The number of ether oxygens (including phenoxy) is 2. The molecule has 0 spiro atoms. The van der Waals surface area contributed by atoms with Gasteiger partial charge in [0.25, 0.3) is 0 Å². The van der Waals surface area contributed by atoms with E-state index in [2.05, 4.69) is 30.0 Å². The van der Waals surface area contributed by atoms with Crippen LogP contribution in [0, 0.1) is 0 Å². The summed E-state index contributed by atoms with van der Waals surface area (Å²) in [6, 6.07) is 9.99. The van der Waals surface area contributed by atoms with Crippen LogP contribution in [0.2, 0.25) is 0 Å². The maximum atomic E-state index is 13.1. The maximum absolute atomic E-state index is 13.1. The highest BCUT2D eigenvalue weighted by molar-refractivity contribution is 5.97. The fourth-order valence-corrected chi connectivity index (χ4v) is 3.62. The van der Waals surface area contributed by atoms with E-state index in [-0.39, 0.29) is 31.6 Å². The molecule has 0 aliphatic rings. The molecule has 2 unspecified atom stereocenters. The Balaban J connectivity index is 2.64. The van der Waals surface area contributed by atoms with E-state index in [1.165, 1.54) is 0 Å². The largest absolute Gasteiger partial charge is 0.491 e. The first kappa shape index (κ1) is 26.7. The Morgan fingerprint density at radius 3 is 2.47 bits per heavy atom. The Kier molecular flexibility index (Phi) is 10.4. The van der Waals surface area contributed by atoms with Gasteiger partial charge in [-0.25, -0.2) is 4.79 Å². The number of carbonyl (C=O) groups excluding carboxylic acids is 1. The number of aliphatic hydroxyl groups is 1. The second-order valence-corrected chi connectivity index (χ2v) is 7.84. The van der Waals surface area contributed by atoms with Crippen LogP contribution in [0.3, 0.4) is 0 Å². The Morgan fingerprint density at radius 2 is 1.91 bits per heavy atom. The smallest absolute Gasteiger partial charge is 0.333 e. The first-order valence-electron chi connectivity index (χ1n) is 11.4. The van der Waals surface area contributed by atoms with Crippen molar-refractivity contribution in [3.63, 3.8) is 0 Å². The fourth-order valence-electron chi connectivity index (χ4n) is 3.62. The van der Waals surface area contributed by atoms with Gasteiger partial charge >= 0.3 is 5.97 Å². The van der Waals surface area contributed by atoms with Gasteiger partial charge in [-0.05, 0) is 49.2 Å². The van der Waals surface area contributed by atoms with E-state index in [4.69, 9.17) is 20.4 Å². The molecule has 0 fully saturated rings. The van der Waals surface area contributed by atoms with Crippen molar-refractivity contribution in [3.05, 3.63) is 71.3 Å². The van der Waals surface area contributed by atoms with Gasteiger partial charge in [-0.15, -0.1) is 6.58 Å². The molecule has 34 heavy (non-hydrogen) atoms. The van der Waals surface area contributed by atoms with Crippen molar-refractivity contribution < 1.29 is 24.6 Å². The quantitative estimate of drug-likeness (QED) is 0.0868. The minimum Gasteiger partial charge on any atom is -0.491 e. The number of carbonyl (C=O) groups is 1. The number of rotatable bonds is 13. The van der Waals surface area contributed by atoms with Crippen LogP contribution >= 0.6 is 0 Å². The van der Waals surface area contributed by atoms with E-state index < -0.39 is 12.0 Å². The van der Waals surface area contributed by atoms with E-state index in [1.807, 2.05) is 19.1 Å². The number of nitrogens with two attached hydrogens (primary N) is 1. The minimum atomic E-state index is -0.865. The number of hydrogen-bond acceptors (Lipinski definition) is 7. The molecule has 0 aliphatic heterocycles. The van der Waals surface area contributed by atoms with Gasteiger partial charge in [-0.2, -0.15) is 0 Å². The van der Waals surface area contributed by atoms with Crippen LogP contribution < -0.4 is 15.8 Å². The monoisotopic (exact) mass is 469 g/mol. The summed E-state index contributed by atoms with van der Waals surface area (Å²) >= 11 is 0. The summed E-state index contributed by atoms with van der Waals surface area (Å²) in [6.45, 7) is 9.91. The van der Waals surface area contributed by atoms with E-state index in [9.17, 15) is 9.90 Å². The molecule has 0 saturated carbocycles. The molecule has 8 nitrogen and oxygen atoms in total. The van der Waals surface area contributed by atoms with Gasteiger partial charge in [0.2, 0.25) is 0 Å². The average Bonchev–Trinajstić information content (AvgIpc) is 2.85. The highest BCUT2D eigenvalue weighted by Crippen LogP contribution is 2.38. The second kappa shape index (κ2) is 13.3. The van der Waals surface area contributed by atoms with Crippen molar-refractivity contribution in [2.75, 3.05) is 25.1 Å². The molecule has 0 aliphatic carbocycles. The third kappa shape index (κ3) is 6.74. The minimum absolute atomic E-state index is 0.0106. The molecule has 0 radical (unpaired) electrons. The van der Waals surface area contributed by atoms with Crippen LogP contribution in [0.5, 0.6) is 5.75 Å². The predicted molar refractivity (Wildman–Crippen MR) is 134 cm³/mol. The summed E-state index contributed by atoms with van der Waals surface area (Å²) in [7, 11) is 0. The van der Waals surface area contributed by atoms with Crippen molar-refractivity contribution in [3.8, 4) is 5.75 Å². The SMILES string of the molecule is C=CC(C)c1cc(CCC)cc(C(Nc2ccc(/C(N)=N/O)cc2)C(=O)OCC)c1OCCO. The Morgan fingerprint density at radius 1 is 1.24 bits per heavy atom. The molecule has 0 heterocycles. The highest BCUT2D eigenvalue weighted by Gasteiger charge is 2.29. The van der Waals surface area contributed by atoms with Crippen LogP contribution in [0.15, 0.2) is 54.2 Å². The van der Waals surface area contributed by atoms with E-state index in [0.717, 1.165) is 24.0 Å². The van der Waals surface area contributed by atoms with Crippen LogP contribution in [0.4, 0.5) is 5.69 Å². The topological polar surface area (TPSA) is 126 Å². The number of allylic oxidation sites excluding steroid dienone is 1. The van der Waals surface area contributed by atoms with Crippen molar-refractivity contribution in [1.82, 2.24) is 0 Å². The van der Waals surface area contributed by atoms with Gasteiger partial charge in [0, 0.05) is 28.3 Å². The van der Waals surface area contributed by atoms with Crippen molar-refractivity contribution in [1.29, 1.82) is 0 Å². The summed E-state index contributed by atoms with van der Waals surface area (Å²) in [5.41, 5.74) is 9.42. The number of hydrogen-bond donors (Lipinski definition) is 4. The molecule has 2 atom stereocenters. The number of oxime groups is 1. The lowest BCUT2D eigenvalue weighted by Crippen LogP contribution is -2.25. The standard InChI is InChI=1S/C26H35N3O5/c1-5-8-18-15-21(17(4)6-2)24(34-14-13-30)22(16-18)23(26(31)33-7-3)28-20-11-9-19(10-12-20)25(27)29-32/h6,9-12,15-17,23,28,30,32H,2,5,7-8,13-14H2,1,3-4H3,(H2,27,29). The van der Waals surface area contributed by atoms with Crippen molar-refractivity contribution >= 4 is 17.5 Å². The molecule has 2 rings (SSSR count). The Bertz CT molecular complexity index is 989. The molecule has 5 N–H and O–H groups in total. The van der Waals surface area contributed by atoms with Gasteiger partial charge in [0.15, 0.2) is 11.9 Å². The van der Waals surface area contributed by atoms with E-state index in [1.54, 1.807) is 31.2 Å². The molecular weight excluding hydrogens is 434 g/mol. The molecule has 0 aromatic heterocycles. The van der Waals surface area contributed by atoms with E-state index >= 15 is 0 Å². The fraction of sp³-hybridized carbons (Fsp3) is 0.385. The maximum Gasteiger partial charge on any atom is 0.333 e. The second-order valence-electron chi connectivity index (χ2n) is 7.84. The summed E-state index contributed by atoms with van der Waals surface area (Å²) < 4.78 is 11.4. The summed E-state index contributed by atoms with van der Waals surface area (Å²) in [6.07, 6.45) is 3.58. The average molecular weight is 470 g/mol. The normalized spacial score (nSPS) is 13.1. The summed E-state index contributed by atoms with van der Waals surface area (Å²) in [5, 5.41) is 24.6. The first-order valence-corrected chi connectivity index (χ1v) is 11.4. The molecular formula is C26H35N3O5. The number of aryl methyl sites for hydroxylation is 1. The van der Waals surface area contributed by atoms with Crippen LogP contribution in [0.1, 0.15) is 61.4 Å². The van der Waals surface area contributed by atoms with Gasteiger partial charge in [0.05, 0.1) is 13.2 Å². The summed E-state index contributed by atoms with van der Waals surface area (Å²) in [5.74, 6) is 0.0264. The Hall–Kier alpha value is -3.52. The van der Waals surface area contributed by atoms with Crippen LogP contribution in [-0.2, 0) is 16.0 Å². The number of amidine groups is 1. The number of anilines is 1. The zero-order valence-corrected chi connectivity index (χ0v) is 20.1. The molecule has 184 valence electrons. The van der Waals surface area contributed by atoms with Crippen molar-refractivity contribution in [2.24, 2.45) is 10.9 Å².